The number of rotatable bonds is 2. The topological polar surface area (TPSA) is 46.3 Å². The summed E-state index contributed by atoms with van der Waals surface area (Å²) < 4.78 is 0. The number of nitrogen functional groups attached to an aromatic ring is 1. The molecule has 21 heavy (non-hydrogen) atoms. The van der Waals surface area contributed by atoms with E-state index in [1.807, 2.05) is 32.9 Å². The van der Waals surface area contributed by atoms with Gasteiger partial charge < -0.3 is 10.6 Å². The third-order valence-electron chi connectivity index (χ3n) is 3.55. The van der Waals surface area contributed by atoms with Gasteiger partial charge in [-0.3, -0.25) is 4.79 Å². The highest BCUT2D eigenvalue weighted by atomic mass is 35.5. The molecule has 3 nitrogen and oxygen atoms in total. The van der Waals surface area contributed by atoms with Crippen LogP contribution in [0.4, 0.5) is 11.4 Å². The van der Waals surface area contributed by atoms with E-state index in [-0.39, 0.29) is 5.91 Å². The fourth-order valence-corrected chi connectivity index (χ4v) is 2.77. The molecule has 0 atom stereocenters. The van der Waals surface area contributed by atoms with Crippen molar-refractivity contribution in [3.63, 3.8) is 0 Å². The summed E-state index contributed by atoms with van der Waals surface area (Å²) in [6.07, 6.45) is 0. The Kier molecular flexibility index (Phi) is 4.24. The van der Waals surface area contributed by atoms with E-state index in [9.17, 15) is 4.79 Å². The molecule has 0 heterocycles. The van der Waals surface area contributed by atoms with Crippen molar-refractivity contribution in [3.8, 4) is 0 Å². The van der Waals surface area contributed by atoms with Crippen molar-refractivity contribution in [1.29, 1.82) is 0 Å². The van der Waals surface area contributed by atoms with E-state index in [4.69, 9.17) is 17.3 Å². The van der Waals surface area contributed by atoms with Crippen LogP contribution in [-0.2, 0) is 0 Å². The third kappa shape index (κ3) is 3.03. The maximum absolute atomic E-state index is 12.8. The van der Waals surface area contributed by atoms with E-state index < -0.39 is 0 Å². The lowest BCUT2D eigenvalue weighted by molar-refractivity contribution is 0.0992. The zero-order valence-electron chi connectivity index (χ0n) is 12.7. The molecule has 0 aliphatic rings. The molecule has 0 unspecified atom stereocenters. The van der Waals surface area contributed by atoms with Crippen molar-refractivity contribution in [2.24, 2.45) is 0 Å². The Morgan fingerprint density at radius 3 is 2.24 bits per heavy atom. The highest BCUT2D eigenvalue weighted by molar-refractivity contribution is 6.31. The Hall–Kier alpha value is -2.00. The van der Waals surface area contributed by atoms with Gasteiger partial charge in [0.2, 0.25) is 0 Å². The van der Waals surface area contributed by atoms with Gasteiger partial charge in [0.05, 0.1) is 11.4 Å². The van der Waals surface area contributed by atoms with Crippen molar-refractivity contribution >= 4 is 28.9 Å². The smallest absolute Gasteiger partial charge is 0.258 e. The predicted molar refractivity (Wildman–Crippen MR) is 89.3 cm³/mol. The number of nitrogens with two attached hydrogens (primary N) is 1. The van der Waals surface area contributed by atoms with E-state index in [1.165, 1.54) is 0 Å². The van der Waals surface area contributed by atoms with Crippen LogP contribution in [0.1, 0.15) is 27.0 Å². The lowest BCUT2D eigenvalue weighted by Crippen LogP contribution is -2.28. The highest BCUT2D eigenvalue weighted by Crippen LogP contribution is 2.28. The monoisotopic (exact) mass is 302 g/mol. The molecule has 2 aromatic rings. The molecule has 0 spiro atoms. The molecular formula is C17H19ClN2O. The summed E-state index contributed by atoms with van der Waals surface area (Å²) >= 11 is 6.00. The normalized spacial score (nSPS) is 10.5. The van der Waals surface area contributed by atoms with Gasteiger partial charge in [-0.05, 0) is 50.1 Å². The van der Waals surface area contributed by atoms with Crippen molar-refractivity contribution in [2.75, 3.05) is 17.7 Å². The van der Waals surface area contributed by atoms with Crippen LogP contribution >= 0.6 is 11.6 Å². The first-order valence-corrected chi connectivity index (χ1v) is 7.10. The Morgan fingerprint density at radius 2 is 1.67 bits per heavy atom. The molecular weight excluding hydrogens is 284 g/mol. The van der Waals surface area contributed by atoms with Gasteiger partial charge in [-0.15, -0.1) is 0 Å². The molecule has 2 N–H and O–H groups in total. The minimum atomic E-state index is -0.0843. The molecule has 0 aliphatic heterocycles. The zero-order valence-corrected chi connectivity index (χ0v) is 13.5. The number of benzene rings is 2. The molecule has 0 radical (unpaired) electrons. The second kappa shape index (κ2) is 5.78. The molecule has 0 saturated carbocycles. The summed E-state index contributed by atoms with van der Waals surface area (Å²) in [6.45, 7) is 5.91. The zero-order chi connectivity index (χ0) is 15.7. The number of carbonyl (C=O) groups is 1. The molecule has 2 rings (SSSR count). The van der Waals surface area contributed by atoms with Crippen molar-refractivity contribution in [1.82, 2.24) is 0 Å². The fourth-order valence-electron chi connectivity index (χ4n) is 2.60. The van der Waals surface area contributed by atoms with E-state index in [1.54, 1.807) is 30.1 Å². The summed E-state index contributed by atoms with van der Waals surface area (Å²) in [4.78, 5) is 14.3. The summed E-state index contributed by atoms with van der Waals surface area (Å²) in [6, 6.07) is 9.13. The highest BCUT2D eigenvalue weighted by Gasteiger charge is 2.19. The van der Waals surface area contributed by atoms with Gasteiger partial charge in [-0.2, -0.15) is 0 Å². The average Bonchev–Trinajstić information content (AvgIpc) is 2.39. The second-order valence-electron chi connectivity index (χ2n) is 5.34. The lowest BCUT2D eigenvalue weighted by Gasteiger charge is -2.22. The van der Waals surface area contributed by atoms with Crippen LogP contribution in [0.15, 0.2) is 30.3 Å². The SMILES string of the molecule is Cc1cc(C)c(C(=O)N(C)c2cc(Cl)ccc2N)c(C)c1. The van der Waals surface area contributed by atoms with Gasteiger partial charge in [0.25, 0.3) is 5.91 Å². The molecule has 0 fully saturated rings. The van der Waals surface area contributed by atoms with Crippen LogP contribution in [0.3, 0.4) is 0 Å². The van der Waals surface area contributed by atoms with E-state index in [0.29, 0.717) is 22.0 Å². The van der Waals surface area contributed by atoms with Crippen molar-refractivity contribution < 1.29 is 4.79 Å². The molecule has 0 bridgehead atoms. The predicted octanol–water partition coefficient (Wildman–Crippen LogP) is 4.12. The van der Waals surface area contributed by atoms with Crippen molar-refractivity contribution in [2.45, 2.75) is 20.8 Å². The summed E-state index contributed by atoms with van der Waals surface area (Å²) in [7, 11) is 1.71. The fraction of sp³-hybridized carbons (Fsp3) is 0.235. The van der Waals surface area contributed by atoms with Crippen molar-refractivity contribution in [3.05, 3.63) is 57.6 Å². The summed E-state index contributed by atoms with van der Waals surface area (Å²) in [5.74, 6) is -0.0843. The minimum absolute atomic E-state index is 0.0843. The lowest BCUT2D eigenvalue weighted by atomic mass is 9.98. The van der Waals surface area contributed by atoms with Crippen LogP contribution in [0.25, 0.3) is 0 Å². The molecule has 110 valence electrons. The molecule has 0 aromatic heterocycles. The Bertz CT molecular complexity index is 687. The minimum Gasteiger partial charge on any atom is -0.397 e. The van der Waals surface area contributed by atoms with Crippen LogP contribution in [0.2, 0.25) is 5.02 Å². The van der Waals surface area contributed by atoms with Crippen LogP contribution in [0, 0.1) is 20.8 Å². The van der Waals surface area contributed by atoms with Gasteiger partial charge in [0.1, 0.15) is 0 Å². The third-order valence-corrected chi connectivity index (χ3v) is 3.78. The Morgan fingerprint density at radius 1 is 1.10 bits per heavy atom. The molecule has 1 amide bonds. The standard InChI is InChI=1S/C17H19ClN2O/c1-10-7-11(2)16(12(3)8-10)17(21)20(4)15-9-13(18)5-6-14(15)19/h5-9H,19H2,1-4H3. The molecule has 4 heteroatoms. The number of nitrogens with zero attached hydrogens (tertiary/aromatic N) is 1. The number of amides is 1. The maximum atomic E-state index is 12.8. The first kappa shape index (κ1) is 15.4. The summed E-state index contributed by atoms with van der Waals surface area (Å²) in [5, 5.41) is 0.552. The van der Waals surface area contributed by atoms with Crippen LogP contribution in [-0.4, -0.2) is 13.0 Å². The van der Waals surface area contributed by atoms with E-state index in [2.05, 4.69) is 0 Å². The van der Waals surface area contributed by atoms with Gasteiger partial charge in [-0.1, -0.05) is 29.3 Å². The Labute approximate surface area is 130 Å². The largest absolute Gasteiger partial charge is 0.397 e. The van der Waals surface area contributed by atoms with E-state index in [0.717, 1.165) is 16.7 Å². The second-order valence-corrected chi connectivity index (χ2v) is 5.78. The van der Waals surface area contributed by atoms with Gasteiger partial charge in [0, 0.05) is 17.6 Å². The van der Waals surface area contributed by atoms with Gasteiger partial charge in [-0.25, -0.2) is 0 Å². The van der Waals surface area contributed by atoms with Crippen LogP contribution in [0.5, 0.6) is 0 Å². The average molecular weight is 303 g/mol. The number of anilines is 2. The van der Waals surface area contributed by atoms with Crippen LogP contribution < -0.4 is 10.6 Å². The first-order valence-electron chi connectivity index (χ1n) is 6.72. The number of aryl methyl sites for hydroxylation is 3. The van der Waals surface area contributed by atoms with Gasteiger partial charge >= 0.3 is 0 Å². The number of hydrogen-bond donors (Lipinski definition) is 1. The first-order chi connectivity index (χ1) is 9.81. The number of carbonyl (C=O) groups excluding carboxylic acids is 1. The summed E-state index contributed by atoms with van der Waals surface area (Å²) in [5.41, 5.74) is 10.9. The molecule has 2 aromatic carbocycles. The molecule has 0 aliphatic carbocycles. The maximum Gasteiger partial charge on any atom is 0.258 e. The van der Waals surface area contributed by atoms with Gasteiger partial charge in [0.15, 0.2) is 0 Å². The number of halogens is 1. The van der Waals surface area contributed by atoms with E-state index >= 15 is 0 Å². The number of hydrogen-bond acceptors (Lipinski definition) is 2. The molecule has 0 saturated heterocycles. The quantitative estimate of drug-likeness (QED) is 0.848. The Balaban J connectivity index is 2.47.